The normalized spacial score (nSPS) is 16.1. The Hall–Kier alpha value is -0.263. The molecule has 0 aromatic rings. The molecular weight excluding hydrogens is 556 g/mol. The molecule has 248 valence electrons. The van der Waals surface area contributed by atoms with Gasteiger partial charge in [-0.2, -0.15) is 9.78 Å². The van der Waals surface area contributed by atoms with E-state index in [1.54, 1.807) is 13.8 Å². The highest BCUT2D eigenvalue weighted by atomic mass is 28.4. The van der Waals surface area contributed by atoms with E-state index in [-0.39, 0.29) is 39.6 Å². The van der Waals surface area contributed by atoms with Crippen molar-refractivity contribution in [2.75, 3.05) is 68.1 Å². The molecule has 0 N–H and O–H groups in total. The third-order valence-electron chi connectivity index (χ3n) is 6.32. The molecule has 0 amide bonds. The highest BCUT2D eigenvalue weighted by Gasteiger charge is 2.86. The van der Waals surface area contributed by atoms with Gasteiger partial charge in [0.25, 0.3) is 22.4 Å². The zero-order valence-electron chi connectivity index (χ0n) is 27.9. The molecule has 0 heterocycles. The van der Waals surface area contributed by atoms with Gasteiger partial charge in [-0.15, -0.1) is 0 Å². The van der Waals surface area contributed by atoms with Crippen molar-refractivity contribution in [3.63, 3.8) is 0 Å². The maximum absolute atomic E-state index is 6.73. The van der Waals surface area contributed by atoms with Gasteiger partial charge in [0.15, 0.2) is 0 Å². The predicted molar refractivity (Wildman–Crippen MR) is 156 cm³/mol. The quantitative estimate of drug-likeness (QED) is 0.0490. The summed E-state index contributed by atoms with van der Waals surface area (Å²) in [6.45, 7) is 16.7. The van der Waals surface area contributed by atoms with Gasteiger partial charge >= 0.3 is 8.56 Å². The molecule has 2 atom stereocenters. The summed E-state index contributed by atoms with van der Waals surface area (Å²) in [6, 6.07) is 0. The van der Waals surface area contributed by atoms with Gasteiger partial charge in [0.1, 0.15) is 0 Å². The minimum Gasteiger partial charge on any atom is -0.391 e. The van der Waals surface area contributed by atoms with E-state index in [0.29, 0.717) is 38.5 Å². The van der Waals surface area contributed by atoms with E-state index >= 15 is 0 Å². The first-order valence-electron chi connectivity index (χ1n) is 15.0. The molecular formula is C28H60O12Si. The van der Waals surface area contributed by atoms with E-state index in [9.17, 15) is 0 Å². The van der Waals surface area contributed by atoms with Gasteiger partial charge in [-0.25, -0.2) is 9.78 Å². The van der Waals surface area contributed by atoms with Crippen LogP contribution in [0.1, 0.15) is 93.9 Å². The largest absolute Gasteiger partial charge is 0.473 e. The molecule has 0 spiro atoms. The first-order chi connectivity index (χ1) is 19.6. The third-order valence-corrected chi connectivity index (χ3v) is 10.7. The zero-order chi connectivity index (χ0) is 31.5. The zero-order valence-corrected chi connectivity index (χ0v) is 28.9. The Morgan fingerprint density at radius 1 is 0.415 bits per heavy atom. The molecule has 0 aromatic heterocycles. The van der Waals surface area contributed by atoms with E-state index in [1.807, 2.05) is 41.5 Å². The van der Waals surface area contributed by atoms with Crippen LogP contribution in [0.3, 0.4) is 0 Å². The molecule has 0 fully saturated rings. The number of ether oxygens (including phenoxy) is 6. The summed E-state index contributed by atoms with van der Waals surface area (Å²) in [5, 5.41) is 0. The number of rotatable bonds is 28. The average Bonchev–Trinajstić information content (AvgIpc) is 2.97. The Bertz CT molecular complexity index is 588. The van der Waals surface area contributed by atoms with Crippen molar-refractivity contribution in [3.05, 3.63) is 0 Å². The van der Waals surface area contributed by atoms with Gasteiger partial charge in [0.05, 0.1) is 27.4 Å². The first-order valence-corrected chi connectivity index (χ1v) is 16.8. The maximum Gasteiger partial charge on any atom is 0.473 e. The van der Waals surface area contributed by atoms with Crippen LogP contribution in [0.2, 0.25) is 0 Å². The average molecular weight is 617 g/mol. The van der Waals surface area contributed by atoms with Crippen molar-refractivity contribution in [2.24, 2.45) is 0 Å². The Kier molecular flexibility index (Phi) is 20.5. The number of hydrogen-bond donors (Lipinski definition) is 0. The van der Waals surface area contributed by atoms with Gasteiger partial charge < -0.3 is 37.3 Å². The summed E-state index contributed by atoms with van der Waals surface area (Å²) in [6.07, 6.45) is 3.85. The summed E-state index contributed by atoms with van der Waals surface area (Å²) in [5.41, 5.74) is -3.87. The van der Waals surface area contributed by atoms with Crippen molar-refractivity contribution in [2.45, 2.75) is 116 Å². The van der Waals surface area contributed by atoms with Crippen molar-refractivity contribution >= 4 is 8.56 Å². The molecule has 0 aromatic carbocycles. The van der Waals surface area contributed by atoms with Crippen LogP contribution in [0, 0.1) is 0 Å². The van der Waals surface area contributed by atoms with E-state index in [4.69, 9.17) is 56.8 Å². The van der Waals surface area contributed by atoms with Crippen molar-refractivity contribution in [1.29, 1.82) is 0 Å². The van der Waals surface area contributed by atoms with Gasteiger partial charge in [-0.3, -0.25) is 0 Å². The topological polar surface area (TPSA) is 111 Å². The summed E-state index contributed by atoms with van der Waals surface area (Å²) in [7, 11) is 1.32. The molecule has 2 unspecified atom stereocenters. The second-order valence-corrected chi connectivity index (χ2v) is 13.1. The molecule has 13 heteroatoms. The molecule has 0 rings (SSSR count). The minimum atomic E-state index is -4.45. The highest BCUT2D eigenvalue weighted by molar-refractivity contribution is 6.73. The summed E-state index contributed by atoms with van der Waals surface area (Å²) >= 11 is 0. The fraction of sp³-hybridized carbons (Fsp3) is 1.00. The standard InChI is InChI=1S/C28H60O12Si/c1-13-19-33-25(7,39-29-9)27(35-21-15-3,36-22-16-4)41(31-11,32-12)28(37-23-17-5,38-24-18-6)26(8,40-30-10)34-20-14-2/h13-24H2,1-12H3. The molecule has 0 aliphatic heterocycles. The lowest BCUT2D eigenvalue weighted by molar-refractivity contribution is -0.498. The lowest BCUT2D eigenvalue weighted by atomic mass is 10.2. The fourth-order valence-corrected chi connectivity index (χ4v) is 8.93. The van der Waals surface area contributed by atoms with Gasteiger partial charge in [-0.05, 0) is 52.4 Å². The van der Waals surface area contributed by atoms with Crippen LogP contribution in [-0.4, -0.2) is 99.0 Å². The van der Waals surface area contributed by atoms with Gasteiger partial charge in [0, 0.05) is 40.6 Å². The second kappa shape index (κ2) is 20.6. The van der Waals surface area contributed by atoms with Crippen molar-refractivity contribution in [3.8, 4) is 0 Å². The Balaban J connectivity index is 8.28. The molecule has 0 saturated heterocycles. The predicted octanol–water partition coefficient (Wildman–Crippen LogP) is 5.34. The van der Waals surface area contributed by atoms with E-state index < -0.39 is 31.0 Å². The van der Waals surface area contributed by atoms with Crippen LogP contribution in [0.4, 0.5) is 0 Å². The Morgan fingerprint density at radius 2 is 0.659 bits per heavy atom. The lowest BCUT2D eigenvalue weighted by Gasteiger charge is -2.59. The smallest absolute Gasteiger partial charge is 0.391 e. The summed E-state index contributed by atoms with van der Waals surface area (Å²) in [5.74, 6) is -3.51. The van der Waals surface area contributed by atoms with Crippen LogP contribution in [0.5, 0.6) is 0 Å². The Labute approximate surface area is 249 Å². The number of hydrogen-bond acceptors (Lipinski definition) is 12. The Morgan fingerprint density at radius 3 is 0.854 bits per heavy atom. The van der Waals surface area contributed by atoms with Crippen LogP contribution < -0.4 is 0 Å². The summed E-state index contributed by atoms with van der Waals surface area (Å²) < 4.78 is 52.8. The van der Waals surface area contributed by atoms with Crippen LogP contribution in [0.15, 0.2) is 0 Å². The highest BCUT2D eigenvalue weighted by Crippen LogP contribution is 2.52. The molecule has 0 bridgehead atoms. The van der Waals surface area contributed by atoms with Crippen molar-refractivity contribution < 1.29 is 56.8 Å². The molecule has 41 heavy (non-hydrogen) atoms. The van der Waals surface area contributed by atoms with Crippen LogP contribution in [-0.2, 0) is 56.8 Å². The van der Waals surface area contributed by atoms with Crippen LogP contribution >= 0.6 is 0 Å². The molecule has 12 nitrogen and oxygen atoms in total. The van der Waals surface area contributed by atoms with Crippen molar-refractivity contribution in [1.82, 2.24) is 0 Å². The monoisotopic (exact) mass is 616 g/mol. The third kappa shape index (κ3) is 8.90. The van der Waals surface area contributed by atoms with Crippen LogP contribution in [0.25, 0.3) is 0 Å². The van der Waals surface area contributed by atoms with E-state index in [0.717, 1.165) is 0 Å². The summed E-state index contributed by atoms with van der Waals surface area (Å²) in [4.78, 5) is 22.4. The molecule has 0 aliphatic carbocycles. The fourth-order valence-electron chi connectivity index (χ4n) is 4.67. The maximum atomic E-state index is 6.73. The SMILES string of the molecule is CCCOC(C)(OOC)C(OCCC)(OCCC)[Si](OC)(OC)C(OCCC)(OCCC)C(C)(OCCC)OOC. The first kappa shape index (κ1) is 40.7. The van der Waals surface area contributed by atoms with Gasteiger partial charge in [0.2, 0.25) is 0 Å². The van der Waals surface area contributed by atoms with E-state index in [1.165, 1.54) is 28.4 Å². The van der Waals surface area contributed by atoms with Gasteiger partial charge in [-0.1, -0.05) is 41.5 Å². The van der Waals surface area contributed by atoms with E-state index in [2.05, 4.69) is 0 Å². The molecule has 0 saturated carbocycles. The minimum absolute atomic E-state index is 0.221. The molecule has 0 radical (unpaired) electrons. The second-order valence-electron chi connectivity index (χ2n) is 9.74. The lowest BCUT2D eigenvalue weighted by Crippen LogP contribution is -2.89. The molecule has 0 aliphatic rings.